The summed E-state index contributed by atoms with van der Waals surface area (Å²) >= 11 is 0. The quantitative estimate of drug-likeness (QED) is 0.513. The van der Waals surface area contributed by atoms with Gasteiger partial charge in [-0.25, -0.2) is 5.43 Å². The topological polar surface area (TPSA) is 104 Å². The van der Waals surface area contributed by atoms with Gasteiger partial charge in [0.05, 0.1) is 12.8 Å². The Kier molecular flexibility index (Phi) is 5.55. The third kappa shape index (κ3) is 5.55. The summed E-state index contributed by atoms with van der Waals surface area (Å²) in [5.41, 5.74) is 2.98. The fourth-order valence-corrected chi connectivity index (χ4v) is 1.53. The normalized spacial score (nSPS) is 11.9. The SMILES string of the molecule is CN(C)S(=O)(=O)NCC(=O)N/N=C\c1ccncc1. The highest BCUT2D eigenvalue weighted by molar-refractivity contribution is 7.87. The molecule has 0 aliphatic carbocycles. The molecule has 1 aromatic rings. The number of hydrazone groups is 1. The summed E-state index contributed by atoms with van der Waals surface area (Å²) in [6.07, 6.45) is 4.61. The summed E-state index contributed by atoms with van der Waals surface area (Å²) < 4.78 is 25.7. The molecule has 1 amide bonds. The number of carbonyl (C=O) groups is 1. The van der Waals surface area contributed by atoms with E-state index < -0.39 is 16.1 Å². The molecule has 9 heteroatoms. The Morgan fingerprint density at radius 2 is 2.05 bits per heavy atom. The number of hydrogen-bond donors (Lipinski definition) is 2. The molecule has 0 aliphatic heterocycles. The van der Waals surface area contributed by atoms with Crippen LogP contribution in [0.3, 0.4) is 0 Å². The highest BCUT2D eigenvalue weighted by Crippen LogP contribution is 1.90. The lowest BCUT2D eigenvalue weighted by Crippen LogP contribution is -2.41. The maximum atomic E-state index is 11.3. The second-order valence-corrected chi connectivity index (χ2v) is 5.65. The summed E-state index contributed by atoms with van der Waals surface area (Å²) in [4.78, 5) is 15.2. The van der Waals surface area contributed by atoms with Crippen LogP contribution in [0.5, 0.6) is 0 Å². The first kappa shape index (κ1) is 15.2. The predicted octanol–water partition coefficient (Wildman–Crippen LogP) is -1.07. The first-order valence-corrected chi connectivity index (χ1v) is 6.75. The van der Waals surface area contributed by atoms with Crippen molar-refractivity contribution in [3.05, 3.63) is 30.1 Å². The summed E-state index contributed by atoms with van der Waals surface area (Å²) in [6.45, 7) is -0.381. The van der Waals surface area contributed by atoms with Crippen molar-refractivity contribution in [2.75, 3.05) is 20.6 Å². The predicted molar refractivity (Wildman–Crippen MR) is 70.6 cm³/mol. The van der Waals surface area contributed by atoms with Gasteiger partial charge in [-0.15, -0.1) is 0 Å². The maximum absolute atomic E-state index is 11.3. The molecule has 0 saturated heterocycles. The van der Waals surface area contributed by atoms with E-state index in [4.69, 9.17) is 0 Å². The molecule has 0 saturated carbocycles. The Hall–Kier alpha value is -1.84. The van der Waals surface area contributed by atoms with Crippen molar-refractivity contribution in [1.82, 2.24) is 19.4 Å². The molecule has 0 fully saturated rings. The number of hydrogen-bond acceptors (Lipinski definition) is 5. The molecule has 2 N–H and O–H groups in total. The van der Waals surface area contributed by atoms with E-state index in [1.165, 1.54) is 20.3 Å². The Morgan fingerprint density at radius 3 is 2.63 bits per heavy atom. The van der Waals surface area contributed by atoms with Crippen molar-refractivity contribution < 1.29 is 13.2 Å². The molecule has 8 nitrogen and oxygen atoms in total. The van der Waals surface area contributed by atoms with Crippen molar-refractivity contribution in [2.45, 2.75) is 0 Å². The van der Waals surface area contributed by atoms with Crippen molar-refractivity contribution in [2.24, 2.45) is 5.10 Å². The van der Waals surface area contributed by atoms with Gasteiger partial charge in [0.2, 0.25) is 0 Å². The number of nitrogens with one attached hydrogen (secondary N) is 2. The second kappa shape index (κ2) is 6.92. The van der Waals surface area contributed by atoms with Crippen LogP contribution in [0.15, 0.2) is 29.6 Å². The van der Waals surface area contributed by atoms with Crippen molar-refractivity contribution in [1.29, 1.82) is 0 Å². The third-order valence-electron chi connectivity index (χ3n) is 2.00. The lowest BCUT2D eigenvalue weighted by molar-refractivity contribution is -0.119. The van der Waals surface area contributed by atoms with Crippen LogP contribution in [-0.2, 0) is 15.0 Å². The minimum absolute atomic E-state index is 0.381. The van der Waals surface area contributed by atoms with Gasteiger partial charge in [-0.3, -0.25) is 9.78 Å². The van der Waals surface area contributed by atoms with Crippen LogP contribution in [0.1, 0.15) is 5.56 Å². The Labute approximate surface area is 111 Å². The molecule has 1 heterocycles. The van der Waals surface area contributed by atoms with Crippen LogP contribution in [0.25, 0.3) is 0 Å². The minimum atomic E-state index is -3.61. The zero-order valence-electron chi connectivity index (χ0n) is 10.6. The van der Waals surface area contributed by atoms with Gasteiger partial charge in [-0.2, -0.15) is 22.5 Å². The number of nitrogens with zero attached hydrogens (tertiary/aromatic N) is 3. The van der Waals surface area contributed by atoms with E-state index in [-0.39, 0.29) is 6.54 Å². The van der Waals surface area contributed by atoms with Gasteiger partial charge in [0.15, 0.2) is 0 Å². The lowest BCUT2D eigenvalue weighted by atomic mass is 10.3. The van der Waals surface area contributed by atoms with E-state index in [2.05, 4.69) is 20.2 Å². The molecule has 0 aliphatic rings. The largest absolute Gasteiger partial charge is 0.279 e. The van der Waals surface area contributed by atoms with Gasteiger partial charge in [0.1, 0.15) is 0 Å². The molecular formula is C10H15N5O3S. The van der Waals surface area contributed by atoms with Gasteiger partial charge >= 0.3 is 0 Å². The molecule has 0 radical (unpaired) electrons. The summed E-state index contributed by atoms with van der Waals surface area (Å²) in [5.74, 6) is -0.560. The zero-order valence-corrected chi connectivity index (χ0v) is 11.4. The molecule has 0 spiro atoms. The van der Waals surface area contributed by atoms with E-state index in [0.29, 0.717) is 0 Å². The number of pyridine rings is 1. The zero-order chi connectivity index (χ0) is 14.3. The van der Waals surface area contributed by atoms with Crippen molar-refractivity contribution >= 4 is 22.3 Å². The number of amides is 1. The van der Waals surface area contributed by atoms with E-state index >= 15 is 0 Å². The summed E-state index contributed by atoms with van der Waals surface area (Å²) in [7, 11) is -0.882. The van der Waals surface area contributed by atoms with E-state index in [9.17, 15) is 13.2 Å². The van der Waals surface area contributed by atoms with Gasteiger partial charge in [0.25, 0.3) is 16.1 Å². The fourth-order valence-electron chi connectivity index (χ4n) is 0.954. The average Bonchev–Trinajstić information content (AvgIpc) is 2.37. The molecule has 1 aromatic heterocycles. The van der Waals surface area contributed by atoms with Crippen molar-refractivity contribution in [3.63, 3.8) is 0 Å². The Balaban J connectivity index is 2.39. The van der Waals surface area contributed by atoms with Crippen LogP contribution in [0.4, 0.5) is 0 Å². The van der Waals surface area contributed by atoms with Gasteiger partial charge < -0.3 is 0 Å². The smallest absolute Gasteiger partial charge is 0.272 e. The minimum Gasteiger partial charge on any atom is -0.272 e. The highest BCUT2D eigenvalue weighted by Gasteiger charge is 2.13. The van der Waals surface area contributed by atoms with Crippen LogP contribution < -0.4 is 10.1 Å². The monoisotopic (exact) mass is 285 g/mol. The standard InChI is InChI=1S/C10H15N5O3S/c1-15(2)19(17,18)13-8-10(16)14-12-7-9-3-5-11-6-4-9/h3-7,13H,8H2,1-2H3,(H,14,16)/b12-7-. The first-order valence-electron chi connectivity index (χ1n) is 5.31. The molecule has 104 valence electrons. The lowest BCUT2D eigenvalue weighted by Gasteiger charge is -2.11. The molecule has 0 atom stereocenters. The molecule has 0 bridgehead atoms. The van der Waals surface area contributed by atoms with Crippen molar-refractivity contribution in [3.8, 4) is 0 Å². The molecular weight excluding hydrogens is 270 g/mol. The third-order valence-corrected chi connectivity index (χ3v) is 3.48. The van der Waals surface area contributed by atoms with E-state index in [1.54, 1.807) is 24.5 Å². The van der Waals surface area contributed by atoms with Crippen LogP contribution in [0.2, 0.25) is 0 Å². The number of aromatic nitrogens is 1. The Bertz CT molecular complexity index is 542. The summed E-state index contributed by atoms with van der Waals surface area (Å²) in [5, 5.41) is 3.69. The molecule has 19 heavy (non-hydrogen) atoms. The fraction of sp³-hybridized carbons (Fsp3) is 0.300. The van der Waals surface area contributed by atoms with Crippen LogP contribution >= 0.6 is 0 Å². The van der Waals surface area contributed by atoms with Crippen LogP contribution in [-0.4, -0.2) is 50.5 Å². The molecule has 0 unspecified atom stereocenters. The van der Waals surface area contributed by atoms with Gasteiger partial charge in [0, 0.05) is 26.5 Å². The summed E-state index contributed by atoms with van der Waals surface area (Å²) in [6, 6.07) is 3.43. The highest BCUT2D eigenvalue weighted by atomic mass is 32.2. The number of rotatable bonds is 6. The van der Waals surface area contributed by atoms with E-state index in [1.807, 2.05) is 0 Å². The van der Waals surface area contributed by atoms with E-state index in [0.717, 1.165) is 9.87 Å². The van der Waals surface area contributed by atoms with Crippen LogP contribution in [0, 0.1) is 0 Å². The average molecular weight is 285 g/mol. The maximum Gasteiger partial charge on any atom is 0.279 e. The molecule has 0 aromatic carbocycles. The second-order valence-electron chi connectivity index (χ2n) is 3.68. The first-order chi connectivity index (χ1) is 8.92. The van der Waals surface area contributed by atoms with Gasteiger partial charge in [-0.05, 0) is 17.7 Å². The number of carbonyl (C=O) groups excluding carboxylic acids is 1. The molecule has 1 rings (SSSR count). The Morgan fingerprint density at radius 1 is 1.42 bits per heavy atom. The van der Waals surface area contributed by atoms with Gasteiger partial charge in [-0.1, -0.05) is 0 Å².